The Morgan fingerprint density at radius 3 is 1.61 bits per heavy atom. The number of halogens is 7. The Labute approximate surface area is 96.2 Å². The van der Waals surface area contributed by atoms with E-state index in [1.165, 1.54) is 6.29 Å². The van der Waals surface area contributed by atoms with E-state index in [1.54, 1.807) is 0 Å². The maximum atomic E-state index is 13.1. The standard InChI is InChI=1S/C10H4F7O/c11-8(12,9(13,14)10(15,16)17)7-3-1-6(5-18)2-4-7/h1-4H. The van der Waals surface area contributed by atoms with Gasteiger partial charge in [0.1, 0.15) is 0 Å². The van der Waals surface area contributed by atoms with E-state index in [1.807, 2.05) is 0 Å². The van der Waals surface area contributed by atoms with Crippen molar-refractivity contribution < 1.29 is 35.5 Å². The van der Waals surface area contributed by atoms with Crippen molar-refractivity contribution in [3.8, 4) is 0 Å². The summed E-state index contributed by atoms with van der Waals surface area (Å²) in [6.45, 7) is 0. The van der Waals surface area contributed by atoms with Crippen molar-refractivity contribution in [2.75, 3.05) is 0 Å². The van der Waals surface area contributed by atoms with Gasteiger partial charge in [0.05, 0.1) is 0 Å². The summed E-state index contributed by atoms with van der Waals surface area (Å²) in [7, 11) is 0. The Balaban J connectivity index is 3.23. The zero-order chi connectivity index (χ0) is 14.2. The van der Waals surface area contributed by atoms with Gasteiger partial charge in [-0.2, -0.15) is 30.7 Å². The first-order valence-electron chi connectivity index (χ1n) is 4.35. The van der Waals surface area contributed by atoms with Gasteiger partial charge >= 0.3 is 18.0 Å². The van der Waals surface area contributed by atoms with E-state index < -0.39 is 23.6 Å². The minimum atomic E-state index is -6.38. The molecule has 0 saturated carbocycles. The molecule has 18 heavy (non-hydrogen) atoms. The van der Waals surface area contributed by atoms with Crippen LogP contribution in [0.5, 0.6) is 0 Å². The van der Waals surface area contributed by atoms with E-state index in [2.05, 4.69) is 0 Å². The zero-order valence-electron chi connectivity index (χ0n) is 8.36. The molecule has 1 nitrogen and oxygen atoms in total. The third-order valence-corrected chi connectivity index (χ3v) is 2.12. The van der Waals surface area contributed by atoms with Gasteiger partial charge in [0.15, 0.2) is 0 Å². The van der Waals surface area contributed by atoms with Crippen LogP contribution in [-0.2, 0) is 10.7 Å². The topological polar surface area (TPSA) is 17.1 Å². The quantitative estimate of drug-likeness (QED) is 0.771. The van der Waals surface area contributed by atoms with Crippen molar-refractivity contribution in [3.05, 3.63) is 35.4 Å². The molecule has 0 saturated heterocycles. The average molecular weight is 273 g/mol. The van der Waals surface area contributed by atoms with Gasteiger partial charge in [-0.3, -0.25) is 4.79 Å². The molecule has 8 heteroatoms. The summed E-state index contributed by atoms with van der Waals surface area (Å²) in [6.07, 6.45) is -5.11. The van der Waals surface area contributed by atoms with Crippen LogP contribution in [0.15, 0.2) is 24.3 Å². The minimum absolute atomic E-state index is 0.245. The van der Waals surface area contributed by atoms with Crippen molar-refractivity contribution in [1.29, 1.82) is 0 Å². The molecule has 99 valence electrons. The summed E-state index contributed by atoms with van der Waals surface area (Å²) >= 11 is 0. The number of carbonyl (C=O) groups excluding carboxylic acids is 1. The molecule has 0 unspecified atom stereocenters. The monoisotopic (exact) mass is 273 g/mol. The number of hydrogen-bond donors (Lipinski definition) is 0. The fourth-order valence-corrected chi connectivity index (χ4v) is 1.11. The Kier molecular flexibility index (Phi) is 3.42. The van der Waals surface area contributed by atoms with Crippen molar-refractivity contribution >= 4 is 6.29 Å². The van der Waals surface area contributed by atoms with E-state index in [-0.39, 0.29) is 5.56 Å². The van der Waals surface area contributed by atoms with Crippen LogP contribution >= 0.6 is 0 Å². The molecule has 0 aliphatic heterocycles. The third kappa shape index (κ3) is 2.19. The number of benzene rings is 1. The summed E-state index contributed by atoms with van der Waals surface area (Å²) in [5, 5.41) is 0. The Hall–Kier alpha value is -1.60. The normalized spacial score (nSPS) is 13.5. The van der Waals surface area contributed by atoms with Crippen LogP contribution in [0.4, 0.5) is 30.7 Å². The van der Waals surface area contributed by atoms with Gasteiger partial charge in [-0.1, -0.05) is 24.3 Å². The molecule has 0 aliphatic rings. The van der Waals surface area contributed by atoms with Gasteiger partial charge in [-0.25, -0.2) is 0 Å². The third-order valence-electron chi connectivity index (χ3n) is 2.12. The highest BCUT2D eigenvalue weighted by atomic mass is 19.4. The maximum Gasteiger partial charge on any atom is 0.460 e. The van der Waals surface area contributed by atoms with Crippen LogP contribution in [0.2, 0.25) is 0 Å². The summed E-state index contributed by atoms with van der Waals surface area (Å²) in [4.78, 5) is 10.1. The van der Waals surface area contributed by atoms with Gasteiger partial charge in [0.2, 0.25) is 6.29 Å². The second-order valence-corrected chi connectivity index (χ2v) is 3.33. The van der Waals surface area contributed by atoms with Gasteiger partial charge < -0.3 is 0 Å². The number of rotatable bonds is 3. The second kappa shape index (κ2) is 4.25. The summed E-state index contributed by atoms with van der Waals surface area (Å²) in [5.41, 5.74) is -1.78. The lowest BCUT2D eigenvalue weighted by molar-refractivity contribution is -0.359. The van der Waals surface area contributed by atoms with E-state index >= 15 is 0 Å². The molecule has 1 radical (unpaired) electrons. The van der Waals surface area contributed by atoms with E-state index in [0.29, 0.717) is 24.3 Å². The molecule has 0 aliphatic carbocycles. The van der Waals surface area contributed by atoms with Crippen LogP contribution < -0.4 is 0 Å². The average Bonchev–Trinajstić information content (AvgIpc) is 2.27. The molecule has 0 N–H and O–H groups in total. The molecule has 0 aromatic heterocycles. The predicted octanol–water partition coefficient (Wildman–Crippen LogP) is 3.43. The Morgan fingerprint density at radius 2 is 1.28 bits per heavy atom. The lowest BCUT2D eigenvalue weighted by atomic mass is 10.0. The largest absolute Gasteiger partial charge is 0.460 e. The smallest absolute Gasteiger partial charge is 0.285 e. The van der Waals surface area contributed by atoms with Gasteiger partial charge in [-0.05, 0) is 0 Å². The number of alkyl halides is 7. The SMILES string of the molecule is O=[C]c1ccc(C(F)(F)C(F)(F)C(F)(F)F)cc1. The van der Waals surface area contributed by atoms with E-state index in [0.717, 1.165) is 0 Å². The molecule has 0 heterocycles. The molecule has 0 spiro atoms. The molecule has 1 aromatic rings. The molecule has 0 fully saturated rings. The van der Waals surface area contributed by atoms with Crippen LogP contribution in [-0.4, -0.2) is 18.4 Å². The lowest BCUT2D eigenvalue weighted by Gasteiger charge is -2.28. The van der Waals surface area contributed by atoms with Crippen LogP contribution in [0.3, 0.4) is 0 Å². The number of hydrogen-bond acceptors (Lipinski definition) is 1. The molecule has 0 atom stereocenters. The van der Waals surface area contributed by atoms with E-state index in [4.69, 9.17) is 0 Å². The zero-order valence-corrected chi connectivity index (χ0v) is 8.36. The molecule has 0 amide bonds. The van der Waals surface area contributed by atoms with Gasteiger partial charge in [-0.15, -0.1) is 0 Å². The molecular formula is C10H4F7O. The van der Waals surface area contributed by atoms with Crippen molar-refractivity contribution in [2.45, 2.75) is 18.0 Å². The van der Waals surface area contributed by atoms with Crippen LogP contribution in [0.25, 0.3) is 0 Å². The fourth-order valence-electron chi connectivity index (χ4n) is 1.11. The predicted molar refractivity (Wildman–Crippen MR) is 46.1 cm³/mol. The minimum Gasteiger partial charge on any atom is -0.285 e. The lowest BCUT2D eigenvalue weighted by Crippen LogP contribution is -2.50. The maximum absolute atomic E-state index is 13.1. The summed E-state index contributed by atoms with van der Waals surface area (Å²) < 4.78 is 87.0. The first-order chi connectivity index (χ1) is 8.04. The van der Waals surface area contributed by atoms with Gasteiger partial charge in [0, 0.05) is 11.1 Å². The molecule has 0 bridgehead atoms. The second-order valence-electron chi connectivity index (χ2n) is 3.33. The van der Waals surface area contributed by atoms with E-state index in [9.17, 15) is 35.5 Å². The molecular weight excluding hydrogens is 269 g/mol. The van der Waals surface area contributed by atoms with Crippen molar-refractivity contribution in [3.63, 3.8) is 0 Å². The highest BCUT2D eigenvalue weighted by Gasteiger charge is 2.73. The Morgan fingerprint density at radius 1 is 0.833 bits per heavy atom. The fraction of sp³-hybridized carbons (Fsp3) is 0.300. The molecule has 1 rings (SSSR count). The molecule has 1 aromatic carbocycles. The summed E-state index contributed by atoms with van der Waals surface area (Å²) in [5.74, 6) is -11.6. The van der Waals surface area contributed by atoms with Gasteiger partial charge in [0.25, 0.3) is 0 Å². The first-order valence-corrected chi connectivity index (χ1v) is 4.35. The van der Waals surface area contributed by atoms with Crippen LogP contribution in [0.1, 0.15) is 11.1 Å². The Bertz CT molecular complexity index is 433. The first kappa shape index (κ1) is 14.5. The van der Waals surface area contributed by atoms with Crippen LogP contribution in [0, 0.1) is 0 Å². The van der Waals surface area contributed by atoms with Crippen molar-refractivity contribution in [1.82, 2.24) is 0 Å². The summed E-state index contributed by atoms with van der Waals surface area (Å²) in [6, 6.07) is 1.98. The highest BCUT2D eigenvalue weighted by Crippen LogP contribution is 2.51. The highest BCUT2D eigenvalue weighted by molar-refractivity contribution is 5.75. The van der Waals surface area contributed by atoms with Crippen molar-refractivity contribution in [2.24, 2.45) is 0 Å².